The molecule has 0 unspecified atom stereocenters. The maximum atomic E-state index is 13.9. The molecule has 0 radical (unpaired) electrons. The molecule has 0 heterocycles. The Morgan fingerprint density at radius 3 is 1.63 bits per heavy atom. The van der Waals surface area contributed by atoms with E-state index < -0.39 is 47.7 Å². The number of aryl methyl sites for hydroxylation is 2. The Labute approximate surface area is 188 Å². The zero-order valence-corrected chi connectivity index (χ0v) is 17.5. The number of carbonyl (C=O) groups excluding carboxylic acids is 1. The van der Waals surface area contributed by atoms with Gasteiger partial charge in [-0.15, -0.1) is 0 Å². The van der Waals surface area contributed by atoms with Crippen LogP contribution in [0.5, 0.6) is 5.75 Å². The molecule has 0 aliphatic heterocycles. The van der Waals surface area contributed by atoms with Gasteiger partial charge in [0.05, 0.1) is 6.61 Å². The Morgan fingerprint density at radius 2 is 1.23 bits per heavy atom. The molecule has 0 spiro atoms. The third-order valence-electron chi connectivity index (χ3n) is 4.58. The van der Waals surface area contributed by atoms with Crippen LogP contribution in [0.3, 0.4) is 0 Å². The topological polar surface area (TPSA) is 35.5 Å². The predicted molar refractivity (Wildman–Crippen MR) is 92.2 cm³/mol. The summed E-state index contributed by atoms with van der Waals surface area (Å²) in [5.41, 5.74) is 0.204. The first kappa shape index (κ1) is 30.4. The van der Waals surface area contributed by atoms with Crippen molar-refractivity contribution in [1.82, 2.24) is 0 Å². The molecular weight excluding hydrogens is 523 g/mol. The van der Waals surface area contributed by atoms with Crippen LogP contribution in [0, 0.1) is 13.8 Å². The molecule has 0 amide bonds. The van der Waals surface area contributed by atoms with Crippen molar-refractivity contribution in [2.24, 2.45) is 0 Å². The van der Waals surface area contributed by atoms with Crippen molar-refractivity contribution >= 4 is 5.97 Å². The molecule has 0 aliphatic rings. The summed E-state index contributed by atoms with van der Waals surface area (Å²) >= 11 is 0. The van der Waals surface area contributed by atoms with E-state index in [1.807, 2.05) is 0 Å². The van der Waals surface area contributed by atoms with Crippen LogP contribution in [0.4, 0.5) is 57.1 Å². The molecule has 16 heteroatoms. The highest BCUT2D eigenvalue weighted by molar-refractivity contribution is 5.81. The first-order chi connectivity index (χ1) is 15.5. The van der Waals surface area contributed by atoms with E-state index in [1.54, 1.807) is 0 Å². The second-order valence-corrected chi connectivity index (χ2v) is 7.07. The van der Waals surface area contributed by atoms with Gasteiger partial charge < -0.3 is 9.47 Å². The van der Waals surface area contributed by atoms with Gasteiger partial charge in [0.2, 0.25) is 0 Å². The standard InChI is InChI=1S/C19H15F13O3/c1-4-13(33)34-6-5-12-9(2)7-11(8-10(12)3)35-19(31,32)17(26,27)15(22,23)14(20,21)16(24,25)18(28,29)30/h4,7-8H,1,5-6H2,2-3H3. The normalized spacial score (nSPS) is 14.0. The summed E-state index contributed by atoms with van der Waals surface area (Å²) in [6, 6.07) is 1.09. The number of alkyl halides is 13. The van der Waals surface area contributed by atoms with Crippen molar-refractivity contribution in [1.29, 1.82) is 0 Å². The smallest absolute Gasteiger partial charge is 0.462 e. The highest BCUT2D eigenvalue weighted by Gasteiger charge is 2.91. The van der Waals surface area contributed by atoms with Crippen LogP contribution in [-0.4, -0.2) is 48.6 Å². The maximum Gasteiger partial charge on any atom is 0.471 e. The summed E-state index contributed by atoms with van der Waals surface area (Å²) in [6.07, 6.45) is -13.4. The van der Waals surface area contributed by atoms with E-state index >= 15 is 0 Å². The van der Waals surface area contributed by atoms with E-state index in [1.165, 1.54) is 13.8 Å². The maximum absolute atomic E-state index is 13.9. The van der Waals surface area contributed by atoms with Gasteiger partial charge in [0.15, 0.2) is 0 Å². The first-order valence-corrected chi connectivity index (χ1v) is 9.02. The SMILES string of the molecule is C=CC(=O)OCCc1c(C)cc(OC(F)(F)C(F)(F)C(F)(F)C(F)(F)C(F)(F)C(F)(F)F)cc1C. The highest BCUT2D eigenvalue weighted by Crippen LogP contribution is 2.60. The Hall–Kier alpha value is -2.68. The van der Waals surface area contributed by atoms with E-state index in [0.717, 1.165) is 6.08 Å². The number of benzene rings is 1. The van der Waals surface area contributed by atoms with Crippen molar-refractivity contribution in [3.8, 4) is 5.75 Å². The fourth-order valence-corrected chi connectivity index (χ4v) is 2.69. The molecule has 3 nitrogen and oxygen atoms in total. The molecule has 1 rings (SSSR count). The minimum absolute atomic E-state index is 0.0329. The van der Waals surface area contributed by atoms with Gasteiger partial charge >= 0.3 is 41.9 Å². The minimum Gasteiger partial charge on any atom is -0.462 e. The van der Waals surface area contributed by atoms with Crippen LogP contribution in [0.2, 0.25) is 0 Å². The fourth-order valence-electron chi connectivity index (χ4n) is 2.69. The predicted octanol–water partition coefficient (Wildman–Crippen LogP) is 6.65. The lowest BCUT2D eigenvalue weighted by Crippen LogP contribution is -2.70. The summed E-state index contributed by atoms with van der Waals surface area (Å²) < 4.78 is 179. The summed E-state index contributed by atoms with van der Waals surface area (Å²) in [4.78, 5) is 11.0. The van der Waals surface area contributed by atoms with E-state index in [2.05, 4.69) is 16.1 Å². The quantitative estimate of drug-likeness (QED) is 0.190. The second-order valence-electron chi connectivity index (χ2n) is 7.07. The lowest BCUT2D eigenvalue weighted by molar-refractivity contribution is -0.456. The Kier molecular flexibility index (Phi) is 8.16. The third-order valence-corrected chi connectivity index (χ3v) is 4.58. The summed E-state index contributed by atoms with van der Waals surface area (Å²) in [5.74, 6) is -33.5. The van der Waals surface area contributed by atoms with Crippen molar-refractivity contribution in [2.75, 3.05) is 6.61 Å². The number of ether oxygens (including phenoxy) is 2. The average Bonchev–Trinajstić information content (AvgIpc) is 2.67. The number of rotatable bonds is 10. The van der Waals surface area contributed by atoms with Crippen LogP contribution in [0.15, 0.2) is 24.8 Å². The van der Waals surface area contributed by atoms with Crippen molar-refractivity contribution < 1.29 is 71.3 Å². The number of halogens is 13. The van der Waals surface area contributed by atoms with E-state index in [9.17, 15) is 61.9 Å². The molecular formula is C19H15F13O3. The second kappa shape index (κ2) is 9.41. The molecule has 0 N–H and O–H groups in total. The summed E-state index contributed by atoms with van der Waals surface area (Å²) in [6.45, 7) is 5.20. The molecule has 0 fully saturated rings. The summed E-state index contributed by atoms with van der Waals surface area (Å²) in [5, 5.41) is 0. The van der Waals surface area contributed by atoms with Gasteiger partial charge in [0.1, 0.15) is 5.75 Å². The molecule has 35 heavy (non-hydrogen) atoms. The zero-order valence-electron chi connectivity index (χ0n) is 17.5. The first-order valence-electron chi connectivity index (χ1n) is 9.02. The third kappa shape index (κ3) is 5.29. The molecule has 0 aromatic heterocycles. The van der Waals surface area contributed by atoms with Crippen LogP contribution >= 0.6 is 0 Å². The molecule has 0 saturated carbocycles. The van der Waals surface area contributed by atoms with Crippen LogP contribution in [0.1, 0.15) is 16.7 Å². The number of carbonyl (C=O) groups is 1. The van der Waals surface area contributed by atoms with Crippen molar-refractivity contribution in [3.63, 3.8) is 0 Å². The Bertz CT molecular complexity index is 929. The Morgan fingerprint density at radius 1 is 0.800 bits per heavy atom. The molecule has 0 aliphatic carbocycles. The number of hydrogen-bond acceptors (Lipinski definition) is 3. The fraction of sp³-hybridized carbons (Fsp3) is 0.526. The zero-order chi connectivity index (χ0) is 27.8. The van der Waals surface area contributed by atoms with E-state index in [0.29, 0.717) is 12.1 Å². The lowest BCUT2D eigenvalue weighted by Gasteiger charge is -2.39. The Balaban J connectivity index is 3.32. The van der Waals surface area contributed by atoms with Crippen molar-refractivity contribution in [2.45, 2.75) is 56.2 Å². The van der Waals surface area contributed by atoms with E-state index in [-0.39, 0.29) is 29.7 Å². The molecule has 0 bridgehead atoms. The van der Waals surface area contributed by atoms with Gasteiger partial charge in [-0.25, -0.2) is 4.79 Å². The molecule has 200 valence electrons. The number of esters is 1. The van der Waals surface area contributed by atoms with Gasteiger partial charge in [-0.2, -0.15) is 57.1 Å². The summed E-state index contributed by atoms with van der Waals surface area (Å²) in [7, 11) is 0. The number of hydrogen-bond donors (Lipinski definition) is 0. The van der Waals surface area contributed by atoms with E-state index in [4.69, 9.17) is 0 Å². The van der Waals surface area contributed by atoms with Gasteiger partial charge in [-0.1, -0.05) is 6.58 Å². The highest BCUT2D eigenvalue weighted by atomic mass is 19.4. The van der Waals surface area contributed by atoms with Gasteiger partial charge in [-0.3, -0.25) is 0 Å². The lowest BCUT2D eigenvalue weighted by atomic mass is 9.97. The average molecular weight is 538 g/mol. The minimum atomic E-state index is -8.01. The van der Waals surface area contributed by atoms with Crippen LogP contribution in [0.25, 0.3) is 0 Å². The van der Waals surface area contributed by atoms with Gasteiger partial charge in [0.25, 0.3) is 0 Å². The largest absolute Gasteiger partial charge is 0.471 e. The molecule has 0 atom stereocenters. The molecule has 1 aromatic rings. The van der Waals surface area contributed by atoms with Gasteiger partial charge in [-0.05, 0) is 42.7 Å². The molecule has 0 saturated heterocycles. The van der Waals surface area contributed by atoms with Crippen LogP contribution in [-0.2, 0) is 16.0 Å². The van der Waals surface area contributed by atoms with Crippen LogP contribution < -0.4 is 4.74 Å². The molecule has 1 aromatic carbocycles. The van der Waals surface area contributed by atoms with Crippen molar-refractivity contribution in [3.05, 3.63) is 41.5 Å². The van der Waals surface area contributed by atoms with Gasteiger partial charge in [0, 0.05) is 12.5 Å². The monoisotopic (exact) mass is 538 g/mol.